The summed E-state index contributed by atoms with van der Waals surface area (Å²) in [6.45, 7) is 0. The lowest BCUT2D eigenvalue weighted by molar-refractivity contribution is 0.665. The maximum Gasteiger partial charge on any atom is 0.250 e. The average molecular weight is 373 g/mol. The molecule has 1 aromatic heterocycles. The first-order valence-corrected chi connectivity index (χ1v) is 9.57. The number of hydrazone groups is 1. The van der Waals surface area contributed by atoms with Crippen LogP contribution in [0.1, 0.15) is 32.1 Å². The Morgan fingerprint density at radius 3 is 1.64 bits per heavy atom. The van der Waals surface area contributed by atoms with Gasteiger partial charge in [-0.3, -0.25) is 0 Å². The van der Waals surface area contributed by atoms with E-state index in [1.54, 1.807) is 0 Å². The van der Waals surface area contributed by atoms with Crippen molar-refractivity contribution in [1.82, 2.24) is 15.0 Å². The Bertz CT molecular complexity index is 858. The second-order valence-corrected chi connectivity index (χ2v) is 6.64. The second kappa shape index (κ2) is 8.94. The summed E-state index contributed by atoms with van der Waals surface area (Å²) in [6.07, 6.45) is 5.73. The minimum absolute atomic E-state index is 0.407. The normalized spacial score (nSPS) is 13.6. The zero-order valence-corrected chi connectivity index (χ0v) is 15.6. The van der Waals surface area contributed by atoms with E-state index in [2.05, 4.69) is 36.1 Å². The van der Waals surface area contributed by atoms with Crippen molar-refractivity contribution in [1.29, 1.82) is 0 Å². The quantitative estimate of drug-likeness (QED) is 0.522. The lowest BCUT2D eigenvalue weighted by Crippen LogP contribution is -2.10. The van der Waals surface area contributed by atoms with Crippen molar-refractivity contribution in [3.63, 3.8) is 0 Å². The van der Waals surface area contributed by atoms with Crippen molar-refractivity contribution in [2.45, 2.75) is 32.1 Å². The van der Waals surface area contributed by atoms with Crippen LogP contribution in [0.2, 0.25) is 0 Å². The molecule has 7 heteroatoms. The topological polar surface area (TPSA) is 87.1 Å². The first-order chi connectivity index (χ1) is 13.8. The Hall–Kier alpha value is -3.48. The summed E-state index contributed by atoms with van der Waals surface area (Å²) < 4.78 is 0. The fraction of sp³-hybridized carbons (Fsp3) is 0.238. The summed E-state index contributed by atoms with van der Waals surface area (Å²) in [5, 5.41) is 10.9. The molecule has 0 aliphatic heterocycles. The third-order valence-corrected chi connectivity index (χ3v) is 4.44. The molecule has 0 amide bonds. The minimum atomic E-state index is 0.407. The monoisotopic (exact) mass is 373 g/mol. The Morgan fingerprint density at radius 2 is 1.11 bits per heavy atom. The van der Waals surface area contributed by atoms with Gasteiger partial charge in [0.05, 0.1) is 0 Å². The highest BCUT2D eigenvalue weighted by Crippen LogP contribution is 2.19. The number of nitrogens with one attached hydrogen (secondary N) is 3. The average Bonchev–Trinajstić information content (AvgIpc) is 2.74. The summed E-state index contributed by atoms with van der Waals surface area (Å²) >= 11 is 0. The van der Waals surface area contributed by atoms with Gasteiger partial charge in [-0.05, 0) is 49.9 Å². The number of anilines is 5. The van der Waals surface area contributed by atoms with Crippen molar-refractivity contribution < 1.29 is 0 Å². The maximum absolute atomic E-state index is 4.51. The molecular weight excluding hydrogens is 350 g/mol. The number of hydrogen-bond donors (Lipinski definition) is 3. The van der Waals surface area contributed by atoms with E-state index in [0.29, 0.717) is 17.8 Å². The van der Waals surface area contributed by atoms with Gasteiger partial charge in [0.15, 0.2) is 0 Å². The van der Waals surface area contributed by atoms with Crippen molar-refractivity contribution in [2.75, 3.05) is 16.1 Å². The van der Waals surface area contributed by atoms with Crippen LogP contribution in [0.4, 0.5) is 29.2 Å². The smallest absolute Gasteiger partial charge is 0.250 e. The van der Waals surface area contributed by atoms with E-state index in [0.717, 1.165) is 24.2 Å². The highest BCUT2D eigenvalue weighted by Gasteiger charge is 2.10. The van der Waals surface area contributed by atoms with E-state index >= 15 is 0 Å². The molecule has 1 fully saturated rings. The summed E-state index contributed by atoms with van der Waals surface area (Å²) in [5.41, 5.74) is 5.99. The van der Waals surface area contributed by atoms with Gasteiger partial charge in [-0.15, -0.1) is 0 Å². The van der Waals surface area contributed by atoms with E-state index in [-0.39, 0.29) is 0 Å². The molecule has 1 saturated carbocycles. The van der Waals surface area contributed by atoms with Gasteiger partial charge < -0.3 is 10.6 Å². The molecule has 1 aliphatic carbocycles. The van der Waals surface area contributed by atoms with Gasteiger partial charge in [-0.2, -0.15) is 20.1 Å². The van der Waals surface area contributed by atoms with Gasteiger partial charge in [-0.25, -0.2) is 5.43 Å². The molecule has 0 bridgehead atoms. The lowest BCUT2D eigenvalue weighted by Gasteiger charge is -2.13. The molecular formula is C21H23N7. The van der Waals surface area contributed by atoms with Crippen LogP contribution in [0, 0.1) is 0 Å². The largest absolute Gasteiger partial charge is 0.324 e. The number of para-hydroxylation sites is 2. The van der Waals surface area contributed by atoms with Crippen LogP contribution in [-0.4, -0.2) is 20.7 Å². The van der Waals surface area contributed by atoms with Crippen LogP contribution in [0.3, 0.4) is 0 Å². The third-order valence-electron chi connectivity index (χ3n) is 4.44. The molecule has 7 nitrogen and oxygen atoms in total. The van der Waals surface area contributed by atoms with Gasteiger partial charge in [0.25, 0.3) is 0 Å². The predicted molar refractivity (Wildman–Crippen MR) is 113 cm³/mol. The van der Waals surface area contributed by atoms with Crippen LogP contribution in [0.5, 0.6) is 0 Å². The highest BCUT2D eigenvalue weighted by molar-refractivity contribution is 5.85. The summed E-state index contributed by atoms with van der Waals surface area (Å²) in [4.78, 5) is 13.4. The molecule has 2 aromatic carbocycles. The standard InChI is InChI=1S/C21H23N7/c1-4-10-16(11-5-1)22-19-24-20(23-17-12-6-2-7-13-17)26-21(25-19)28-27-18-14-8-3-9-15-18/h1-2,4-7,10-13H,3,8-9,14-15H2,(H3,22,23,24,25,26,28). The van der Waals surface area contributed by atoms with Crippen molar-refractivity contribution in [3.05, 3.63) is 60.7 Å². The van der Waals surface area contributed by atoms with Crippen molar-refractivity contribution in [2.24, 2.45) is 5.10 Å². The molecule has 0 radical (unpaired) electrons. The van der Waals surface area contributed by atoms with Crippen molar-refractivity contribution in [3.8, 4) is 0 Å². The molecule has 4 rings (SSSR count). The van der Waals surface area contributed by atoms with Crippen LogP contribution >= 0.6 is 0 Å². The third kappa shape index (κ3) is 5.03. The molecule has 3 aromatic rings. The summed E-state index contributed by atoms with van der Waals surface area (Å²) in [5.74, 6) is 1.31. The zero-order chi connectivity index (χ0) is 19.0. The number of nitrogens with zero attached hydrogens (tertiary/aromatic N) is 4. The van der Waals surface area contributed by atoms with E-state index in [1.165, 1.54) is 25.0 Å². The van der Waals surface area contributed by atoms with Crippen molar-refractivity contribution >= 4 is 34.9 Å². The van der Waals surface area contributed by atoms with E-state index in [4.69, 9.17) is 0 Å². The fourth-order valence-corrected chi connectivity index (χ4v) is 3.04. The number of aromatic nitrogens is 3. The lowest BCUT2D eigenvalue weighted by atomic mass is 9.99. The highest BCUT2D eigenvalue weighted by atomic mass is 15.4. The van der Waals surface area contributed by atoms with Gasteiger partial charge in [0.1, 0.15) is 0 Å². The van der Waals surface area contributed by atoms with Gasteiger partial charge in [0, 0.05) is 17.1 Å². The van der Waals surface area contributed by atoms with E-state index < -0.39 is 0 Å². The second-order valence-electron chi connectivity index (χ2n) is 6.64. The molecule has 142 valence electrons. The molecule has 1 heterocycles. The van der Waals surface area contributed by atoms with Gasteiger partial charge in [-0.1, -0.05) is 42.8 Å². The van der Waals surface area contributed by atoms with Gasteiger partial charge in [0.2, 0.25) is 17.8 Å². The molecule has 0 atom stereocenters. The molecule has 0 saturated heterocycles. The van der Waals surface area contributed by atoms with E-state index in [9.17, 15) is 0 Å². The van der Waals surface area contributed by atoms with Gasteiger partial charge >= 0.3 is 0 Å². The molecule has 1 aliphatic rings. The number of hydrogen-bond acceptors (Lipinski definition) is 7. The number of rotatable bonds is 6. The Kier molecular flexibility index (Phi) is 5.72. The Labute approximate surface area is 164 Å². The fourth-order valence-electron chi connectivity index (χ4n) is 3.04. The van der Waals surface area contributed by atoms with Crippen LogP contribution in [0.15, 0.2) is 65.8 Å². The summed E-state index contributed by atoms with van der Waals surface area (Å²) in [7, 11) is 0. The molecule has 28 heavy (non-hydrogen) atoms. The maximum atomic E-state index is 4.51. The summed E-state index contributed by atoms with van der Waals surface area (Å²) in [6, 6.07) is 19.6. The Balaban J connectivity index is 1.58. The molecule has 3 N–H and O–H groups in total. The predicted octanol–water partition coefficient (Wildman–Crippen LogP) is 5.09. The molecule has 0 spiro atoms. The first kappa shape index (κ1) is 17.9. The first-order valence-electron chi connectivity index (χ1n) is 9.57. The van der Waals surface area contributed by atoms with E-state index in [1.807, 2.05) is 60.7 Å². The van der Waals surface area contributed by atoms with Crippen LogP contribution in [0.25, 0.3) is 0 Å². The SMILES string of the molecule is c1ccc(Nc2nc(NN=C3CCCCC3)nc(Nc3ccccc3)n2)cc1. The zero-order valence-electron chi connectivity index (χ0n) is 15.6. The molecule has 0 unspecified atom stereocenters. The minimum Gasteiger partial charge on any atom is -0.324 e. The van der Waals surface area contributed by atoms with Crippen LogP contribution < -0.4 is 16.1 Å². The number of benzene rings is 2. The van der Waals surface area contributed by atoms with Crippen LogP contribution in [-0.2, 0) is 0 Å². The Morgan fingerprint density at radius 1 is 0.607 bits per heavy atom.